The van der Waals surface area contributed by atoms with Gasteiger partial charge in [0.05, 0.1) is 24.0 Å². The fourth-order valence-electron chi connectivity index (χ4n) is 1.58. The Bertz CT molecular complexity index is 636. The molecular formula is C13H13N3O5. The Morgan fingerprint density at radius 2 is 2.24 bits per heavy atom. The Morgan fingerprint density at radius 3 is 2.86 bits per heavy atom. The maximum Gasteiger partial charge on any atom is 0.309 e. The third-order valence-electron chi connectivity index (χ3n) is 2.49. The fraction of sp³-hybridized carbons (Fsp3) is 0.231. The zero-order valence-electron chi connectivity index (χ0n) is 11.2. The minimum absolute atomic E-state index is 0.122. The predicted molar refractivity (Wildman–Crippen MR) is 70.7 cm³/mol. The van der Waals surface area contributed by atoms with Gasteiger partial charge >= 0.3 is 5.97 Å². The second kappa shape index (κ2) is 6.62. The van der Waals surface area contributed by atoms with Crippen molar-refractivity contribution in [2.24, 2.45) is 0 Å². The highest BCUT2D eigenvalue weighted by molar-refractivity contribution is 6.02. The standard InChI is InChI=1S/C13H13N3O5/c1-20-7-10-5-11(16-21-10)13(19)15-9-3-2-8(14-6-9)4-12(17)18/h2-3,5-6H,4,7H2,1H3,(H,15,19)(H,17,18). The van der Waals surface area contributed by atoms with E-state index in [1.165, 1.54) is 25.4 Å². The molecule has 8 heteroatoms. The molecule has 8 nitrogen and oxygen atoms in total. The van der Waals surface area contributed by atoms with Gasteiger partial charge in [-0.2, -0.15) is 0 Å². The molecule has 0 fully saturated rings. The van der Waals surface area contributed by atoms with Gasteiger partial charge in [0, 0.05) is 13.2 Å². The van der Waals surface area contributed by atoms with Gasteiger partial charge in [-0.25, -0.2) is 0 Å². The summed E-state index contributed by atoms with van der Waals surface area (Å²) in [7, 11) is 1.51. The van der Waals surface area contributed by atoms with E-state index in [0.717, 1.165) is 0 Å². The van der Waals surface area contributed by atoms with Crippen molar-refractivity contribution in [3.05, 3.63) is 41.5 Å². The number of rotatable bonds is 6. The molecule has 0 aliphatic rings. The molecule has 2 N–H and O–H groups in total. The Balaban J connectivity index is 1.99. The lowest BCUT2D eigenvalue weighted by molar-refractivity contribution is -0.136. The van der Waals surface area contributed by atoms with Crippen LogP contribution in [0.5, 0.6) is 0 Å². The molecule has 110 valence electrons. The number of carboxylic acid groups (broad SMARTS) is 1. The van der Waals surface area contributed by atoms with Crippen LogP contribution in [0.15, 0.2) is 28.9 Å². The second-order valence-corrected chi connectivity index (χ2v) is 4.17. The molecule has 0 saturated carbocycles. The SMILES string of the molecule is COCc1cc(C(=O)Nc2ccc(CC(=O)O)nc2)no1. The van der Waals surface area contributed by atoms with Crippen molar-refractivity contribution in [3.8, 4) is 0 Å². The lowest BCUT2D eigenvalue weighted by Gasteiger charge is -2.03. The van der Waals surface area contributed by atoms with Crippen LogP contribution in [0.2, 0.25) is 0 Å². The molecule has 0 radical (unpaired) electrons. The number of carbonyl (C=O) groups excluding carboxylic acids is 1. The van der Waals surface area contributed by atoms with E-state index in [9.17, 15) is 9.59 Å². The van der Waals surface area contributed by atoms with Crippen LogP contribution in [0.4, 0.5) is 5.69 Å². The molecule has 0 saturated heterocycles. The van der Waals surface area contributed by atoms with Gasteiger partial charge in [0.2, 0.25) is 0 Å². The number of carbonyl (C=O) groups is 2. The molecular weight excluding hydrogens is 278 g/mol. The largest absolute Gasteiger partial charge is 0.481 e. The summed E-state index contributed by atoms with van der Waals surface area (Å²) in [5.41, 5.74) is 0.964. The number of aromatic nitrogens is 2. The molecule has 0 atom stereocenters. The Labute approximate surface area is 119 Å². The zero-order chi connectivity index (χ0) is 15.2. The Kier molecular flexibility index (Phi) is 4.62. The van der Waals surface area contributed by atoms with E-state index in [-0.39, 0.29) is 18.7 Å². The third kappa shape index (κ3) is 4.11. The fourth-order valence-corrected chi connectivity index (χ4v) is 1.58. The van der Waals surface area contributed by atoms with Crippen molar-refractivity contribution < 1.29 is 24.0 Å². The van der Waals surface area contributed by atoms with Crippen molar-refractivity contribution in [1.82, 2.24) is 10.1 Å². The van der Waals surface area contributed by atoms with Crippen LogP contribution in [-0.4, -0.2) is 34.2 Å². The first-order valence-electron chi connectivity index (χ1n) is 6.01. The van der Waals surface area contributed by atoms with Crippen LogP contribution in [0.1, 0.15) is 21.9 Å². The lowest BCUT2D eigenvalue weighted by Crippen LogP contribution is -2.12. The van der Waals surface area contributed by atoms with Crippen LogP contribution < -0.4 is 5.32 Å². The number of aliphatic carboxylic acids is 1. The van der Waals surface area contributed by atoms with Crippen LogP contribution in [-0.2, 0) is 22.6 Å². The van der Waals surface area contributed by atoms with Crippen LogP contribution in [0, 0.1) is 0 Å². The summed E-state index contributed by atoms with van der Waals surface area (Å²) in [6.07, 6.45) is 1.21. The van der Waals surface area contributed by atoms with E-state index < -0.39 is 11.9 Å². The molecule has 2 rings (SSSR count). The Hall–Kier alpha value is -2.74. The van der Waals surface area contributed by atoms with Crippen LogP contribution >= 0.6 is 0 Å². The second-order valence-electron chi connectivity index (χ2n) is 4.17. The van der Waals surface area contributed by atoms with E-state index in [0.29, 0.717) is 17.1 Å². The molecule has 0 aliphatic heterocycles. The number of anilines is 1. The number of carboxylic acids is 1. The molecule has 2 heterocycles. The summed E-state index contributed by atoms with van der Waals surface area (Å²) in [5.74, 6) is -0.973. The van der Waals surface area contributed by atoms with Gasteiger partial charge in [-0.15, -0.1) is 0 Å². The number of hydrogen-bond acceptors (Lipinski definition) is 6. The zero-order valence-corrected chi connectivity index (χ0v) is 11.2. The summed E-state index contributed by atoms with van der Waals surface area (Å²) in [6.45, 7) is 0.228. The minimum atomic E-state index is -0.965. The molecule has 21 heavy (non-hydrogen) atoms. The van der Waals surface area contributed by atoms with Gasteiger partial charge in [-0.05, 0) is 12.1 Å². The number of pyridine rings is 1. The number of amides is 1. The highest BCUT2D eigenvalue weighted by Crippen LogP contribution is 2.10. The molecule has 0 spiro atoms. The van der Waals surface area contributed by atoms with Crippen molar-refractivity contribution >= 4 is 17.6 Å². The van der Waals surface area contributed by atoms with Gasteiger partial charge in [0.15, 0.2) is 11.5 Å². The number of ether oxygens (including phenoxy) is 1. The number of nitrogens with zero attached hydrogens (tertiary/aromatic N) is 2. The van der Waals surface area contributed by atoms with Crippen molar-refractivity contribution in [2.45, 2.75) is 13.0 Å². The topological polar surface area (TPSA) is 115 Å². The molecule has 0 bridgehead atoms. The summed E-state index contributed by atoms with van der Waals surface area (Å²) in [6, 6.07) is 4.58. The average molecular weight is 291 g/mol. The quantitative estimate of drug-likeness (QED) is 0.818. The Morgan fingerprint density at radius 1 is 1.43 bits per heavy atom. The van der Waals surface area contributed by atoms with Crippen molar-refractivity contribution in [1.29, 1.82) is 0 Å². The van der Waals surface area contributed by atoms with E-state index >= 15 is 0 Å². The first-order valence-corrected chi connectivity index (χ1v) is 6.01. The maximum atomic E-state index is 11.9. The van der Waals surface area contributed by atoms with Gasteiger partial charge in [0.25, 0.3) is 5.91 Å². The molecule has 1 amide bonds. The number of hydrogen-bond donors (Lipinski definition) is 2. The van der Waals surface area contributed by atoms with Crippen LogP contribution in [0.25, 0.3) is 0 Å². The van der Waals surface area contributed by atoms with E-state index in [4.69, 9.17) is 14.4 Å². The van der Waals surface area contributed by atoms with Gasteiger partial charge < -0.3 is 19.7 Å². The molecule has 2 aromatic heterocycles. The smallest absolute Gasteiger partial charge is 0.309 e. The molecule has 2 aromatic rings. The average Bonchev–Trinajstić information content (AvgIpc) is 2.89. The maximum absolute atomic E-state index is 11.9. The molecule has 0 unspecified atom stereocenters. The normalized spacial score (nSPS) is 10.3. The predicted octanol–water partition coefficient (Wildman–Crippen LogP) is 1.10. The van der Waals surface area contributed by atoms with E-state index in [2.05, 4.69) is 15.5 Å². The van der Waals surface area contributed by atoms with E-state index in [1.807, 2.05) is 0 Å². The van der Waals surface area contributed by atoms with Gasteiger partial charge in [-0.3, -0.25) is 14.6 Å². The summed E-state index contributed by atoms with van der Waals surface area (Å²) in [4.78, 5) is 26.4. The summed E-state index contributed by atoms with van der Waals surface area (Å²) >= 11 is 0. The first-order chi connectivity index (χ1) is 10.1. The van der Waals surface area contributed by atoms with E-state index in [1.54, 1.807) is 6.07 Å². The molecule has 0 aliphatic carbocycles. The molecule has 0 aromatic carbocycles. The minimum Gasteiger partial charge on any atom is -0.481 e. The monoisotopic (exact) mass is 291 g/mol. The number of methoxy groups -OCH3 is 1. The highest BCUT2D eigenvalue weighted by atomic mass is 16.5. The third-order valence-corrected chi connectivity index (χ3v) is 2.49. The summed E-state index contributed by atoms with van der Waals surface area (Å²) in [5, 5.41) is 14.8. The van der Waals surface area contributed by atoms with Gasteiger partial charge in [0.1, 0.15) is 6.61 Å². The van der Waals surface area contributed by atoms with Crippen molar-refractivity contribution in [2.75, 3.05) is 12.4 Å². The lowest BCUT2D eigenvalue weighted by atomic mass is 10.2. The number of nitrogens with one attached hydrogen (secondary N) is 1. The summed E-state index contributed by atoms with van der Waals surface area (Å²) < 4.78 is 9.77. The highest BCUT2D eigenvalue weighted by Gasteiger charge is 2.13. The van der Waals surface area contributed by atoms with Crippen molar-refractivity contribution in [3.63, 3.8) is 0 Å². The first kappa shape index (κ1) is 14.7. The van der Waals surface area contributed by atoms with Crippen LogP contribution in [0.3, 0.4) is 0 Å². The van der Waals surface area contributed by atoms with Gasteiger partial charge in [-0.1, -0.05) is 5.16 Å².